The maximum absolute atomic E-state index is 13.2. The minimum Gasteiger partial charge on any atom is -0.494 e. The number of hydrogen-bond acceptors (Lipinski definition) is 7. The monoisotopic (exact) mass is 570 g/mol. The van der Waals surface area contributed by atoms with Crippen LogP contribution in [0.2, 0.25) is 0 Å². The summed E-state index contributed by atoms with van der Waals surface area (Å²) in [7, 11) is 0. The van der Waals surface area contributed by atoms with Crippen LogP contribution in [0.4, 0.5) is 11.4 Å². The highest BCUT2D eigenvalue weighted by molar-refractivity contribution is 9.10. The number of carbonyl (C=O) groups is 1. The van der Waals surface area contributed by atoms with Gasteiger partial charge in [0.1, 0.15) is 18.1 Å². The van der Waals surface area contributed by atoms with Crippen molar-refractivity contribution in [1.82, 2.24) is 0 Å². The average molecular weight is 571 g/mol. The quantitative estimate of drug-likeness (QED) is 0.128. The van der Waals surface area contributed by atoms with Crippen LogP contribution in [0.3, 0.4) is 0 Å². The first kappa shape index (κ1) is 24.9. The summed E-state index contributed by atoms with van der Waals surface area (Å²) >= 11 is 10.2. The van der Waals surface area contributed by atoms with Crippen LogP contribution in [0, 0.1) is 10.1 Å². The molecular formula is C25H19BrN2O5S2. The number of thiocarbonyl (C=S) groups is 1. The largest absolute Gasteiger partial charge is 0.494 e. The molecule has 0 aliphatic carbocycles. The summed E-state index contributed by atoms with van der Waals surface area (Å²) < 4.78 is 12.7. The number of ether oxygens (including phenoxy) is 2. The average Bonchev–Trinajstić information content (AvgIpc) is 3.12. The summed E-state index contributed by atoms with van der Waals surface area (Å²) in [5.41, 5.74) is 2.18. The van der Waals surface area contributed by atoms with Gasteiger partial charge in [0, 0.05) is 22.2 Å². The Morgan fingerprint density at radius 1 is 1.09 bits per heavy atom. The van der Waals surface area contributed by atoms with Crippen LogP contribution in [-0.4, -0.2) is 21.8 Å². The minimum absolute atomic E-state index is 0.0210. The number of amides is 1. The molecule has 1 saturated heterocycles. The number of nitro benzene ring substituents is 1. The van der Waals surface area contributed by atoms with E-state index in [1.807, 2.05) is 19.1 Å². The standard InChI is InChI=1S/C25H19BrN2O5S2/c1-2-32-21-10-8-19(9-11-21)27-24(29)23(35-25(27)34)14-17-13-18(26)5-12-22(17)33-15-16-3-6-20(7-4-16)28(30)31/h3-14H,2,15H2,1H3/b23-14-. The van der Waals surface area contributed by atoms with Gasteiger partial charge in [0.15, 0.2) is 4.32 Å². The van der Waals surface area contributed by atoms with Crippen molar-refractivity contribution in [2.24, 2.45) is 0 Å². The van der Waals surface area contributed by atoms with Crippen LogP contribution in [0.5, 0.6) is 11.5 Å². The number of hydrogen-bond donors (Lipinski definition) is 0. The molecule has 0 radical (unpaired) electrons. The zero-order chi connectivity index (χ0) is 24.9. The van der Waals surface area contributed by atoms with Crippen molar-refractivity contribution in [2.75, 3.05) is 11.5 Å². The molecule has 0 unspecified atom stereocenters. The predicted molar refractivity (Wildman–Crippen MR) is 145 cm³/mol. The minimum atomic E-state index is -0.443. The maximum atomic E-state index is 13.2. The smallest absolute Gasteiger partial charge is 0.270 e. The van der Waals surface area contributed by atoms with E-state index in [0.717, 1.165) is 15.8 Å². The van der Waals surface area contributed by atoms with Gasteiger partial charge < -0.3 is 9.47 Å². The number of benzene rings is 3. The van der Waals surface area contributed by atoms with Crippen LogP contribution < -0.4 is 14.4 Å². The van der Waals surface area contributed by atoms with Crippen LogP contribution >= 0.6 is 39.9 Å². The first-order valence-electron chi connectivity index (χ1n) is 10.5. The first-order valence-corrected chi connectivity index (χ1v) is 12.5. The van der Waals surface area contributed by atoms with Crippen molar-refractivity contribution in [2.45, 2.75) is 13.5 Å². The summed E-state index contributed by atoms with van der Waals surface area (Å²) in [6, 6.07) is 18.9. The highest BCUT2D eigenvalue weighted by atomic mass is 79.9. The van der Waals surface area contributed by atoms with E-state index in [2.05, 4.69) is 15.9 Å². The van der Waals surface area contributed by atoms with Crippen molar-refractivity contribution in [3.05, 3.63) is 97.3 Å². The van der Waals surface area contributed by atoms with E-state index in [1.54, 1.807) is 48.5 Å². The SMILES string of the molecule is CCOc1ccc(N2C(=O)/C(=C/c3cc(Br)ccc3OCc3ccc([N+](=O)[O-])cc3)SC2=S)cc1. The van der Waals surface area contributed by atoms with Crippen LogP contribution in [-0.2, 0) is 11.4 Å². The number of anilines is 1. The second-order valence-electron chi connectivity index (χ2n) is 7.34. The van der Waals surface area contributed by atoms with Gasteiger partial charge in [0.25, 0.3) is 11.6 Å². The Morgan fingerprint density at radius 2 is 1.80 bits per heavy atom. The lowest BCUT2D eigenvalue weighted by Crippen LogP contribution is -2.27. The summed E-state index contributed by atoms with van der Waals surface area (Å²) in [5.74, 6) is 1.07. The lowest BCUT2D eigenvalue weighted by atomic mass is 10.1. The second-order valence-corrected chi connectivity index (χ2v) is 9.93. The van der Waals surface area contributed by atoms with Gasteiger partial charge in [-0.3, -0.25) is 19.8 Å². The zero-order valence-electron chi connectivity index (χ0n) is 18.5. The molecule has 3 aromatic carbocycles. The molecule has 0 bridgehead atoms. The number of halogens is 1. The molecular weight excluding hydrogens is 552 g/mol. The fourth-order valence-corrected chi connectivity index (χ4v) is 5.00. The highest BCUT2D eigenvalue weighted by Gasteiger charge is 2.33. The Bertz CT molecular complexity index is 1310. The Balaban J connectivity index is 1.54. The van der Waals surface area contributed by atoms with Crippen LogP contribution in [0.15, 0.2) is 76.1 Å². The second kappa shape index (κ2) is 11.0. The summed E-state index contributed by atoms with van der Waals surface area (Å²) in [5, 5.41) is 10.9. The molecule has 10 heteroatoms. The molecule has 1 aliphatic rings. The summed E-state index contributed by atoms with van der Waals surface area (Å²) in [6.45, 7) is 2.69. The van der Waals surface area contributed by atoms with Crippen LogP contribution in [0.1, 0.15) is 18.1 Å². The Morgan fingerprint density at radius 3 is 2.46 bits per heavy atom. The molecule has 0 N–H and O–H groups in total. The first-order chi connectivity index (χ1) is 16.9. The molecule has 0 saturated carbocycles. The number of nitrogens with zero attached hydrogens (tertiary/aromatic N) is 2. The van der Waals surface area contributed by atoms with E-state index in [-0.39, 0.29) is 18.2 Å². The molecule has 35 heavy (non-hydrogen) atoms. The van der Waals surface area contributed by atoms with E-state index < -0.39 is 4.92 Å². The van der Waals surface area contributed by atoms with Crippen molar-refractivity contribution < 1.29 is 19.2 Å². The molecule has 0 spiro atoms. The topological polar surface area (TPSA) is 81.9 Å². The van der Waals surface area contributed by atoms with Crippen LogP contribution in [0.25, 0.3) is 6.08 Å². The third-order valence-electron chi connectivity index (χ3n) is 5.00. The molecule has 1 fully saturated rings. The lowest BCUT2D eigenvalue weighted by molar-refractivity contribution is -0.384. The molecule has 1 aliphatic heterocycles. The van der Waals surface area contributed by atoms with Gasteiger partial charge in [-0.15, -0.1) is 0 Å². The van der Waals surface area contributed by atoms with Gasteiger partial charge >= 0.3 is 0 Å². The van der Waals surface area contributed by atoms with Gasteiger partial charge in [-0.05, 0) is 73.2 Å². The van der Waals surface area contributed by atoms with E-state index in [1.165, 1.54) is 28.8 Å². The van der Waals surface area contributed by atoms with Crippen molar-refractivity contribution >= 4 is 67.6 Å². The molecule has 4 rings (SSSR count). The van der Waals surface area contributed by atoms with Gasteiger partial charge in [-0.2, -0.15) is 0 Å². The van der Waals surface area contributed by atoms with Gasteiger partial charge in [0.2, 0.25) is 0 Å². The summed E-state index contributed by atoms with van der Waals surface area (Å²) in [6.07, 6.45) is 1.75. The number of non-ortho nitro benzene ring substituents is 1. The molecule has 178 valence electrons. The zero-order valence-corrected chi connectivity index (χ0v) is 21.7. The van der Waals surface area contributed by atoms with Gasteiger partial charge in [-0.1, -0.05) is 39.9 Å². The predicted octanol–water partition coefficient (Wildman–Crippen LogP) is 6.74. The number of carbonyl (C=O) groups excluding carboxylic acids is 1. The Kier molecular flexibility index (Phi) is 7.84. The third-order valence-corrected chi connectivity index (χ3v) is 6.79. The Labute approximate surface area is 220 Å². The van der Waals surface area contributed by atoms with Gasteiger partial charge in [0.05, 0.1) is 22.1 Å². The van der Waals surface area contributed by atoms with E-state index in [9.17, 15) is 14.9 Å². The summed E-state index contributed by atoms with van der Waals surface area (Å²) in [4.78, 5) is 25.6. The highest BCUT2D eigenvalue weighted by Crippen LogP contribution is 2.38. The molecule has 1 amide bonds. The lowest BCUT2D eigenvalue weighted by Gasteiger charge is -2.15. The molecule has 0 aromatic heterocycles. The molecule has 7 nitrogen and oxygen atoms in total. The number of rotatable bonds is 8. The van der Waals surface area contributed by atoms with Crippen molar-refractivity contribution in [3.63, 3.8) is 0 Å². The Hall–Kier alpha value is -3.21. The van der Waals surface area contributed by atoms with Crippen molar-refractivity contribution in [3.8, 4) is 11.5 Å². The molecule has 3 aromatic rings. The number of nitro groups is 1. The van der Waals surface area contributed by atoms with E-state index in [4.69, 9.17) is 21.7 Å². The fourth-order valence-electron chi connectivity index (χ4n) is 3.33. The normalized spacial score (nSPS) is 14.5. The third kappa shape index (κ3) is 5.90. The molecule has 0 atom stereocenters. The fraction of sp³-hybridized carbons (Fsp3) is 0.120. The van der Waals surface area contributed by atoms with Crippen molar-refractivity contribution in [1.29, 1.82) is 0 Å². The van der Waals surface area contributed by atoms with Gasteiger partial charge in [-0.25, -0.2) is 0 Å². The van der Waals surface area contributed by atoms with E-state index in [0.29, 0.717) is 32.8 Å². The number of thioether (sulfide) groups is 1. The molecule has 1 heterocycles. The van der Waals surface area contributed by atoms with E-state index >= 15 is 0 Å². The maximum Gasteiger partial charge on any atom is 0.270 e.